The molecular weight excluding hydrogens is 700 g/mol. The van der Waals surface area contributed by atoms with Gasteiger partial charge in [0.1, 0.15) is 18.5 Å². The van der Waals surface area contributed by atoms with Gasteiger partial charge in [0.05, 0.1) is 42.1 Å². The molecule has 6 aromatic heterocycles. The molecule has 54 heavy (non-hydrogen) atoms. The highest BCUT2D eigenvalue weighted by atomic mass is 16.5. The van der Waals surface area contributed by atoms with Gasteiger partial charge in [-0.3, -0.25) is 4.79 Å². The van der Waals surface area contributed by atoms with Crippen molar-refractivity contribution < 1.29 is 19.4 Å². The Morgan fingerprint density at radius 3 is 1.87 bits per heavy atom. The minimum absolute atomic E-state index is 0.00199. The molecule has 6 heterocycles. The van der Waals surface area contributed by atoms with Crippen LogP contribution in [0.25, 0.3) is 23.3 Å². The number of benzene rings is 1. The molecule has 22 nitrogen and oxygen atoms in total. The molecule has 22 heteroatoms. The average molecular weight is 729 g/mol. The summed E-state index contributed by atoms with van der Waals surface area (Å²) < 4.78 is 10.2. The largest absolute Gasteiger partial charge is 0.465 e. The molecule has 0 spiro atoms. The fraction of sp³-hybridized carbons (Fsp3) is 0.125. The van der Waals surface area contributed by atoms with E-state index in [1.54, 1.807) is 44.2 Å². The molecule has 0 saturated heterocycles. The number of para-hydroxylation sites is 1. The quantitative estimate of drug-likeness (QED) is 0.0975. The van der Waals surface area contributed by atoms with E-state index in [9.17, 15) is 14.7 Å². The second-order valence-electron chi connectivity index (χ2n) is 11.1. The Morgan fingerprint density at radius 1 is 0.741 bits per heavy atom. The summed E-state index contributed by atoms with van der Waals surface area (Å²) in [4.78, 5) is 42.0. The number of carbonyl (C=O) groups excluding carboxylic acids is 2. The van der Waals surface area contributed by atoms with E-state index in [1.165, 1.54) is 63.0 Å². The maximum Gasteiger partial charge on any atom is 0.343 e. The molecule has 0 atom stereocenters. The molecule has 1 aromatic carbocycles. The van der Waals surface area contributed by atoms with Gasteiger partial charge in [-0.2, -0.15) is 34.4 Å². The van der Waals surface area contributed by atoms with Crippen LogP contribution in [0, 0.1) is 13.8 Å². The van der Waals surface area contributed by atoms with Crippen molar-refractivity contribution in [2.75, 3.05) is 25.2 Å². The summed E-state index contributed by atoms with van der Waals surface area (Å²) in [6.07, 6.45) is 6.87. The molecule has 270 valence electrons. The maximum atomic E-state index is 12.5. The third-order valence-corrected chi connectivity index (χ3v) is 7.77. The number of methoxy groups -OCH3 is 1. The summed E-state index contributed by atoms with van der Waals surface area (Å²) in [5, 5.41) is 44.2. The summed E-state index contributed by atoms with van der Waals surface area (Å²) in [7, 11) is 1.23. The van der Waals surface area contributed by atoms with Gasteiger partial charge in [0, 0.05) is 18.5 Å². The maximum absolute atomic E-state index is 12.5. The van der Waals surface area contributed by atoms with Crippen molar-refractivity contribution in [3.05, 3.63) is 96.1 Å². The van der Waals surface area contributed by atoms with Gasteiger partial charge in [-0.15, -0.1) is 20.5 Å². The lowest BCUT2D eigenvalue weighted by Crippen LogP contribution is -2.09. The monoisotopic (exact) mass is 728 g/mol. The molecule has 0 fully saturated rings. The van der Waals surface area contributed by atoms with E-state index in [0.717, 1.165) is 0 Å². The Hall–Kier alpha value is -7.88. The van der Waals surface area contributed by atoms with E-state index in [4.69, 9.17) is 16.2 Å². The van der Waals surface area contributed by atoms with Crippen LogP contribution in [-0.4, -0.2) is 89.6 Å². The molecule has 0 aliphatic carbocycles. The van der Waals surface area contributed by atoms with Crippen LogP contribution in [0.5, 0.6) is 0 Å². The first kappa shape index (κ1) is 34.6. The molecule has 0 unspecified atom stereocenters. The van der Waals surface area contributed by atoms with Crippen molar-refractivity contribution in [1.82, 2.24) is 59.1 Å². The predicted molar refractivity (Wildman–Crippen MR) is 188 cm³/mol. The highest BCUT2D eigenvalue weighted by Crippen LogP contribution is 2.34. The van der Waals surface area contributed by atoms with Crippen molar-refractivity contribution in [2.24, 2.45) is 20.5 Å². The molecular formula is C32H28N18O4. The van der Waals surface area contributed by atoms with Crippen molar-refractivity contribution in [2.45, 2.75) is 13.8 Å². The van der Waals surface area contributed by atoms with Crippen LogP contribution in [0.2, 0.25) is 0 Å². The van der Waals surface area contributed by atoms with E-state index >= 15 is 0 Å². The number of nitrogen functional groups attached to an aromatic ring is 2. The smallest absolute Gasteiger partial charge is 0.343 e. The number of esters is 1. The zero-order valence-electron chi connectivity index (χ0n) is 28.6. The standard InChI is InChI=1S/C32H28N18O4/c1-17-25(41-43-29-20(22(52)15-51)13-39-47(29)19-8-5-4-6-9-19)27(33)48(45-17)23-12-24(38-16-37-23)49-28(34)26(18(2)46-49)42-44-30-21(31(53)54-3)14-40-50(30)32-35-10-7-11-36-32/h4-14,16,51H,15,33-34H2,1-3H3. The van der Waals surface area contributed by atoms with E-state index in [0.29, 0.717) is 17.1 Å². The van der Waals surface area contributed by atoms with E-state index in [-0.39, 0.29) is 63.4 Å². The number of aromatic nitrogens is 12. The van der Waals surface area contributed by atoms with Gasteiger partial charge in [0.2, 0.25) is 0 Å². The number of ether oxygens (including phenoxy) is 1. The topological polar surface area (TPSA) is 288 Å². The van der Waals surface area contributed by atoms with E-state index in [1.807, 2.05) is 6.07 Å². The second-order valence-corrected chi connectivity index (χ2v) is 11.1. The molecule has 0 radical (unpaired) electrons. The first-order valence-corrected chi connectivity index (χ1v) is 15.8. The number of azo groups is 2. The molecule has 0 amide bonds. The fourth-order valence-corrected chi connectivity index (χ4v) is 5.15. The van der Waals surface area contributed by atoms with Crippen LogP contribution >= 0.6 is 0 Å². The molecule has 0 aliphatic heterocycles. The van der Waals surface area contributed by atoms with Crippen molar-refractivity contribution in [3.63, 3.8) is 0 Å². The lowest BCUT2D eigenvalue weighted by molar-refractivity contribution is 0.0601. The number of hydrogen-bond donors (Lipinski definition) is 3. The summed E-state index contributed by atoms with van der Waals surface area (Å²) in [6, 6.07) is 12.2. The minimum atomic E-state index is -0.742. The van der Waals surface area contributed by atoms with E-state index in [2.05, 4.69) is 60.8 Å². The van der Waals surface area contributed by atoms with Crippen LogP contribution in [0.4, 0.5) is 34.6 Å². The Morgan fingerprint density at radius 2 is 1.30 bits per heavy atom. The van der Waals surface area contributed by atoms with Gasteiger partial charge in [-0.25, -0.2) is 29.4 Å². The van der Waals surface area contributed by atoms with Crippen LogP contribution in [-0.2, 0) is 4.74 Å². The van der Waals surface area contributed by atoms with Gasteiger partial charge >= 0.3 is 5.97 Å². The molecule has 7 aromatic rings. The summed E-state index contributed by atoms with van der Waals surface area (Å²) >= 11 is 0. The number of aliphatic hydroxyl groups excluding tert-OH is 1. The zero-order valence-corrected chi connectivity index (χ0v) is 28.6. The number of aryl methyl sites for hydroxylation is 2. The second kappa shape index (κ2) is 14.4. The third-order valence-electron chi connectivity index (χ3n) is 7.77. The summed E-state index contributed by atoms with van der Waals surface area (Å²) in [6.45, 7) is 2.59. The Bertz CT molecular complexity index is 2400. The highest BCUT2D eigenvalue weighted by molar-refractivity contribution is 6.00. The van der Waals surface area contributed by atoms with Crippen LogP contribution < -0.4 is 11.5 Å². The summed E-state index contributed by atoms with van der Waals surface area (Å²) in [5.41, 5.74) is 14.9. The van der Waals surface area contributed by atoms with Crippen LogP contribution in [0.3, 0.4) is 0 Å². The van der Waals surface area contributed by atoms with Crippen molar-refractivity contribution in [1.29, 1.82) is 0 Å². The molecule has 0 bridgehead atoms. The Labute approximate surface area is 303 Å². The predicted octanol–water partition coefficient (Wildman–Crippen LogP) is 3.58. The van der Waals surface area contributed by atoms with Gasteiger partial charge in [-0.05, 0) is 32.0 Å². The average Bonchev–Trinajstić information content (AvgIpc) is 3.96. The van der Waals surface area contributed by atoms with Gasteiger partial charge < -0.3 is 21.3 Å². The van der Waals surface area contributed by atoms with Crippen LogP contribution in [0.1, 0.15) is 32.1 Å². The number of nitrogens with zero attached hydrogens (tertiary/aromatic N) is 16. The normalized spacial score (nSPS) is 11.6. The number of rotatable bonds is 11. The van der Waals surface area contributed by atoms with Crippen molar-refractivity contribution >= 4 is 46.4 Å². The van der Waals surface area contributed by atoms with Crippen LogP contribution in [0.15, 0.2) is 94.0 Å². The third kappa shape index (κ3) is 6.30. The molecule has 5 N–H and O–H groups in total. The van der Waals surface area contributed by atoms with E-state index < -0.39 is 18.4 Å². The van der Waals surface area contributed by atoms with Gasteiger partial charge in [0.25, 0.3) is 5.95 Å². The highest BCUT2D eigenvalue weighted by Gasteiger charge is 2.23. The van der Waals surface area contributed by atoms with Gasteiger partial charge in [0.15, 0.2) is 52.1 Å². The summed E-state index contributed by atoms with van der Waals surface area (Å²) in [5.74, 6) is -0.447. The minimum Gasteiger partial charge on any atom is -0.465 e. The van der Waals surface area contributed by atoms with Gasteiger partial charge in [-0.1, -0.05) is 18.2 Å². The molecule has 0 aliphatic rings. The number of hydrogen-bond acceptors (Lipinski definition) is 18. The number of aliphatic hydroxyl groups is 1. The molecule has 7 rings (SSSR count). The number of nitrogens with two attached hydrogens (primary N) is 2. The lowest BCUT2D eigenvalue weighted by Gasteiger charge is -2.07. The Balaban J connectivity index is 1.21. The first-order valence-electron chi connectivity index (χ1n) is 15.8. The van der Waals surface area contributed by atoms with Crippen molar-refractivity contribution in [3.8, 4) is 23.3 Å². The lowest BCUT2D eigenvalue weighted by atomic mass is 10.2. The fourth-order valence-electron chi connectivity index (χ4n) is 5.15. The SMILES string of the molecule is COC(=O)c1cnn(-c2ncccn2)c1N=Nc1c(C)nn(-c2cc(-n3nc(C)c(N=Nc4c(C(=O)CO)cnn4-c4ccccc4)c3N)ncn2)c1N. The molecule has 0 saturated carbocycles. The number of anilines is 2. The number of Topliss-reactive ketones (excluding diaryl/α,β-unsaturated/α-hetero) is 1. The zero-order chi connectivity index (χ0) is 37.9. The Kier molecular flexibility index (Phi) is 9.21. The number of carbonyl (C=O) groups is 2. The first-order chi connectivity index (χ1) is 26.2. The number of ketones is 1.